The van der Waals surface area contributed by atoms with Crippen LogP contribution in [0, 0.1) is 6.92 Å². The fourth-order valence-corrected chi connectivity index (χ4v) is 3.10. The van der Waals surface area contributed by atoms with Gasteiger partial charge in [0.1, 0.15) is 5.58 Å². The number of nitrogens with one attached hydrogen (secondary N) is 2. The third-order valence-corrected chi connectivity index (χ3v) is 4.86. The third kappa shape index (κ3) is 4.23. The Labute approximate surface area is 164 Å². The van der Waals surface area contributed by atoms with Crippen LogP contribution in [0.25, 0.3) is 11.0 Å². The Morgan fingerprint density at radius 2 is 1.57 bits per heavy atom. The van der Waals surface area contributed by atoms with Gasteiger partial charge in [-0.1, -0.05) is 44.2 Å². The molecular formula is C22H25N3O3. The molecule has 28 heavy (non-hydrogen) atoms. The van der Waals surface area contributed by atoms with Crippen molar-refractivity contribution in [2.75, 3.05) is 13.1 Å². The molecule has 1 heterocycles. The van der Waals surface area contributed by atoms with Gasteiger partial charge in [0.15, 0.2) is 5.76 Å². The van der Waals surface area contributed by atoms with Gasteiger partial charge in [-0.25, -0.2) is 0 Å². The summed E-state index contributed by atoms with van der Waals surface area (Å²) in [4.78, 5) is 27.0. The molecule has 0 spiro atoms. The standard InChI is InChI=1S/C22H25N3O3/c1-4-25(5-2)14-16-10-12-17(13-11-16)21(26)23-24-22(27)20-15(3)18-8-6-7-9-19(18)28-20/h6-13H,4-5,14H2,1-3H3,(H,23,26)(H,24,27). The van der Waals surface area contributed by atoms with E-state index in [-0.39, 0.29) is 11.7 Å². The molecule has 2 N–H and O–H groups in total. The molecule has 0 unspecified atom stereocenters. The molecule has 146 valence electrons. The molecule has 0 aliphatic heterocycles. The molecule has 6 nitrogen and oxygen atoms in total. The van der Waals surface area contributed by atoms with E-state index in [2.05, 4.69) is 29.6 Å². The molecule has 0 atom stereocenters. The van der Waals surface area contributed by atoms with Crippen molar-refractivity contribution >= 4 is 22.8 Å². The summed E-state index contributed by atoms with van der Waals surface area (Å²) in [6.07, 6.45) is 0. The molecule has 0 aliphatic rings. The zero-order chi connectivity index (χ0) is 20.1. The number of carbonyl (C=O) groups excluding carboxylic acids is 2. The zero-order valence-corrected chi connectivity index (χ0v) is 16.4. The lowest BCUT2D eigenvalue weighted by Crippen LogP contribution is -2.41. The number of aryl methyl sites for hydroxylation is 1. The van der Waals surface area contributed by atoms with Crippen molar-refractivity contribution in [3.63, 3.8) is 0 Å². The largest absolute Gasteiger partial charge is 0.451 e. The van der Waals surface area contributed by atoms with Crippen LogP contribution in [-0.4, -0.2) is 29.8 Å². The van der Waals surface area contributed by atoms with Crippen LogP contribution in [0.3, 0.4) is 0 Å². The fraction of sp³-hybridized carbons (Fsp3) is 0.273. The molecule has 2 aromatic carbocycles. The molecule has 2 amide bonds. The van der Waals surface area contributed by atoms with Gasteiger partial charge in [0.05, 0.1) is 0 Å². The first-order valence-electron chi connectivity index (χ1n) is 9.43. The predicted octanol–water partition coefficient (Wildman–Crippen LogP) is 3.66. The maximum atomic E-state index is 12.4. The van der Waals surface area contributed by atoms with Crippen molar-refractivity contribution < 1.29 is 14.0 Å². The summed E-state index contributed by atoms with van der Waals surface area (Å²) in [5.41, 5.74) is 7.86. The van der Waals surface area contributed by atoms with E-state index >= 15 is 0 Å². The van der Waals surface area contributed by atoms with Crippen molar-refractivity contribution in [3.05, 3.63) is 71.0 Å². The van der Waals surface area contributed by atoms with Gasteiger partial charge < -0.3 is 4.42 Å². The Morgan fingerprint density at radius 3 is 2.21 bits per heavy atom. The van der Waals surface area contributed by atoms with Crippen molar-refractivity contribution in [3.8, 4) is 0 Å². The maximum absolute atomic E-state index is 12.4. The van der Waals surface area contributed by atoms with E-state index < -0.39 is 5.91 Å². The highest BCUT2D eigenvalue weighted by molar-refractivity contribution is 6.01. The predicted molar refractivity (Wildman–Crippen MR) is 109 cm³/mol. The van der Waals surface area contributed by atoms with Crippen LogP contribution in [0.2, 0.25) is 0 Å². The lowest BCUT2D eigenvalue weighted by atomic mass is 10.1. The highest BCUT2D eigenvalue weighted by atomic mass is 16.3. The Morgan fingerprint density at radius 1 is 0.929 bits per heavy atom. The number of hydrazine groups is 1. The smallest absolute Gasteiger partial charge is 0.305 e. The number of para-hydroxylation sites is 1. The first kappa shape index (κ1) is 19.6. The minimum atomic E-state index is -0.486. The number of benzene rings is 2. The molecule has 0 radical (unpaired) electrons. The van der Waals surface area contributed by atoms with Gasteiger partial charge in [-0.05, 0) is 43.8 Å². The van der Waals surface area contributed by atoms with Crippen LogP contribution in [0.1, 0.15) is 45.9 Å². The summed E-state index contributed by atoms with van der Waals surface area (Å²) in [5, 5.41) is 0.878. The topological polar surface area (TPSA) is 74.6 Å². The SMILES string of the molecule is CCN(CC)Cc1ccc(C(=O)NNC(=O)c2oc3ccccc3c2C)cc1. The van der Waals surface area contributed by atoms with E-state index in [0.29, 0.717) is 11.1 Å². The van der Waals surface area contributed by atoms with Crippen LogP contribution < -0.4 is 10.9 Å². The number of carbonyl (C=O) groups is 2. The maximum Gasteiger partial charge on any atom is 0.305 e. The first-order chi connectivity index (χ1) is 13.5. The molecule has 0 fully saturated rings. The van der Waals surface area contributed by atoms with E-state index in [1.807, 2.05) is 37.3 Å². The van der Waals surface area contributed by atoms with Crippen LogP contribution in [0.4, 0.5) is 0 Å². The third-order valence-electron chi connectivity index (χ3n) is 4.86. The van der Waals surface area contributed by atoms with Gasteiger partial charge in [-0.2, -0.15) is 0 Å². The van der Waals surface area contributed by atoms with Gasteiger partial charge in [0.2, 0.25) is 0 Å². The van der Waals surface area contributed by atoms with E-state index in [4.69, 9.17) is 4.42 Å². The van der Waals surface area contributed by atoms with Crippen LogP contribution in [0.15, 0.2) is 52.9 Å². The second-order valence-corrected chi connectivity index (χ2v) is 6.62. The number of furan rings is 1. The summed E-state index contributed by atoms with van der Waals surface area (Å²) in [6.45, 7) is 8.86. The van der Waals surface area contributed by atoms with Crippen molar-refractivity contribution in [1.82, 2.24) is 15.8 Å². The molecular weight excluding hydrogens is 354 g/mol. The Bertz CT molecular complexity index is 972. The summed E-state index contributed by atoms with van der Waals surface area (Å²) in [5.74, 6) is -0.673. The minimum Gasteiger partial charge on any atom is -0.451 e. The zero-order valence-electron chi connectivity index (χ0n) is 16.4. The average Bonchev–Trinajstić information content (AvgIpc) is 3.07. The molecule has 0 saturated heterocycles. The normalized spacial score (nSPS) is 11.0. The Kier molecular flexibility index (Phi) is 6.11. The molecule has 0 aliphatic carbocycles. The van der Waals surface area contributed by atoms with Crippen LogP contribution >= 0.6 is 0 Å². The highest BCUT2D eigenvalue weighted by Gasteiger charge is 2.18. The molecule has 0 bridgehead atoms. The van der Waals surface area contributed by atoms with E-state index in [0.717, 1.165) is 36.1 Å². The summed E-state index contributed by atoms with van der Waals surface area (Å²) >= 11 is 0. The van der Waals surface area contributed by atoms with E-state index in [9.17, 15) is 9.59 Å². The number of hydrogen-bond donors (Lipinski definition) is 2. The first-order valence-corrected chi connectivity index (χ1v) is 9.43. The molecule has 3 rings (SSSR count). The average molecular weight is 379 g/mol. The van der Waals surface area contributed by atoms with Gasteiger partial charge in [0, 0.05) is 23.1 Å². The fourth-order valence-electron chi connectivity index (χ4n) is 3.10. The lowest BCUT2D eigenvalue weighted by molar-refractivity contribution is 0.0831. The summed E-state index contributed by atoms with van der Waals surface area (Å²) in [6, 6.07) is 14.8. The number of rotatable bonds is 6. The van der Waals surface area contributed by atoms with Gasteiger partial charge in [0.25, 0.3) is 5.91 Å². The van der Waals surface area contributed by atoms with Crippen LogP contribution in [0.5, 0.6) is 0 Å². The van der Waals surface area contributed by atoms with Crippen molar-refractivity contribution in [2.45, 2.75) is 27.3 Å². The molecule has 0 saturated carbocycles. The molecule has 6 heteroatoms. The van der Waals surface area contributed by atoms with Gasteiger partial charge >= 0.3 is 5.91 Å². The number of nitrogens with zero attached hydrogens (tertiary/aromatic N) is 1. The van der Waals surface area contributed by atoms with Crippen molar-refractivity contribution in [1.29, 1.82) is 0 Å². The van der Waals surface area contributed by atoms with E-state index in [1.54, 1.807) is 18.2 Å². The minimum absolute atomic E-state index is 0.191. The van der Waals surface area contributed by atoms with Crippen molar-refractivity contribution in [2.24, 2.45) is 0 Å². The second kappa shape index (κ2) is 8.71. The van der Waals surface area contributed by atoms with Gasteiger partial charge in [-0.3, -0.25) is 25.3 Å². The summed E-state index contributed by atoms with van der Waals surface area (Å²) in [7, 11) is 0. The monoisotopic (exact) mass is 379 g/mol. The second-order valence-electron chi connectivity index (χ2n) is 6.62. The number of hydrogen-bond acceptors (Lipinski definition) is 4. The van der Waals surface area contributed by atoms with Gasteiger partial charge in [-0.15, -0.1) is 0 Å². The molecule has 1 aromatic heterocycles. The molecule has 3 aromatic rings. The van der Waals surface area contributed by atoms with Crippen LogP contribution in [-0.2, 0) is 6.54 Å². The Hall–Kier alpha value is -3.12. The Balaban J connectivity index is 1.61. The number of fused-ring (bicyclic) bond motifs is 1. The van der Waals surface area contributed by atoms with E-state index in [1.165, 1.54) is 0 Å². The summed E-state index contributed by atoms with van der Waals surface area (Å²) < 4.78 is 5.60. The quantitative estimate of drug-likeness (QED) is 0.641. The highest BCUT2D eigenvalue weighted by Crippen LogP contribution is 2.24. The number of amides is 2. The lowest BCUT2D eigenvalue weighted by Gasteiger charge is -2.18.